The predicted octanol–water partition coefficient (Wildman–Crippen LogP) is 1.82. The number of aromatic nitrogens is 2. The second kappa shape index (κ2) is 3.14. The fourth-order valence-electron chi connectivity index (χ4n) is 1.53. The van der Waals surface area contributed by atoms with Gasteiger partial charge in [-0.25, -0.2) is 4.79 Å². The van der Waals surface area contributed by atoms with Crippen molar-refractivity contribution in [2.45, 2.75) is 13.3 Å². The highest BCUT2D eigenvalue weighted by molar-refractivity contribution is 5.94. The fraction of sp³-hybridized carbons (Fsp3) is 0.200. The first-order valence-electron chi connectivity index (χ1n) is 4.41. The number of hydrogen-bond acceptors (Lipinski definition) is 2. The van der Waals surface area contributed by atoms with Gasteiger partial charge in [0.15, 0.2) is 0 Å². The molecule has 14 heavy (non-hydrogen) atoms. The van der Waals surface area contributed by atoms with Crippen LogP contribution in [-0.4, -0.2) is 21.3 Å². The molecule has 0 amide bonds. The summed E-state index contributed by atoms with van der Waals surface area (Å²) in [7, 11) is 0. The third-order valence-electron chi connectivity index (χ3n) is 2.26. The lowest BCUT2D eigenvalue weighted by atomic mass is 10.1. The summed E-state index contributed by atoms with van der Waals surface area (Å²) < 4.78 is 0. The van der Waals surface area contributed by atoms with Gasteiger partial charge in [-0.15, -0.1) is 0 Å². The van der Waals surface area contributed by atoms with E-state index in [1.165, 1.54) is 0 Å². The third-order valence-corrected chi connectivity index (χ3v) is 2.26. The lowest BCUT2D eigenvalue weighted by Gasteiger charge is -2.01. The van der Waals surface area contributed by atoms with Crippen LogP contribution in [0.1, 0.15) is 22.8 Å². The van der Waals surface area contributed by atoms with Crippen molar-refractivity contribution in [1.29, 1.82) is 0 Å². The number of aryl methyl sites for hydroxylation is 1. The molecule has 1 aromatic heterocycles. The molecule has 72 valence electrons. The van der Waals surface area contributed by atoms with E-state index in [9.17, 15) is 4.79 Å². The Morgan fingerprint density at radius 3 is 3.00 bits per heavy atom. The number of carboxylic acids is 1. The minimum absolute atomic E-state index is 0.316. The molecule has 0 saturated carbocycles. The Morgan fingerprint density at radius 1 is 1.57 bits per heavy atom. The molecule has 0 atom stereocenters. The number of aromatic carboxylic acids is 1. The van der Waals surface area contributed by atoms with E-state index in [0.29, 0.717) is 5.56 Å². The maximum atomic E-state index is 10.8. The number of carboxylic acid groups (broad SMARTS) is 1. The van der Waals surface area contributed by atoms with E-state index in [-0.39, 0.29) is 0 Å². The maximum absolute atomic E-state index is 10.8. The Bertz CT molecular complexity index is 488. The number of aromatic amines is 1. The van der Waals surface area contributed by atoms with Crippen molar-refractivity contribution in [1.82, 2.24) is 10.2 Å². The normalized spacial score (nSPS) is 10.6. The van der Waals surface area contributed by atoms with Crippen molar-refractivity contribution < 1.29 is 9.90 Å². The summed E-state index contributed by atoms with van der Waals surface area (Å²) >= 11 is 0. The van der Waals surface area contributed by atoms with Crippen LogP contribution < -0.4 is 0 Å². The molecule has 0 aliphatic rings. The minimum Gasteiger partial charge on any atom is -0.478 e. The highest BCUT2D eigenvalue weighted by atomic mass is 16.4. The Hall–Kier alpha value is -1.84. The minimum atomic E-state index is -0.900. The van der Waals surface area contributed by atoms with Crippen LogP contribution in [0.2, 0.25) is 0 Å². The Morgan fingerprint density at radius 2 is 2.36 bits per heavy atom. The molecule has 4 nitrogen and oxygen atoms in total. The Kier molecular flexibility index (Phi) is 1.96. The molecule has 1 heterocycles. The van der Waals surface area contributed by atoms with Crippen LogP contribution in [0.3, 0.4) is 0 Å². The molecule has 2 rings (SSSR count). The second-order valence-electron chi connectivity index (χ2n) is 3.13. The average Bonchev–Trinajstić information content (AvgIpc) is 2.63. The van der Waals surface area contributed by atoms with Gasteiger partial charge >= 0.3 is 5.97 Å². The fourth-order valence-corrected chi connectivity index (χ4v) is 1.53. The smallest absolute Gasteiger partial charge is 0.335 e. The zero-order valence-electron chi connectivity index (χ0n) is 7.74. The number of carbonyl (C=O) groups is 1. The van der Waals surface area contributed by atoms with Gasteiger partial charge in [-0.05, 0) is 24.1 Å². The van der Waals surface area contributed by atoms with Gasteiger partial charge in [-0.1, -0.05) is 6.92 Å². The SMILES string of the molecule is CCc1cc(C(=O)O)cc2cn[nH]c12. The molecule has 0 unspecified atom stereocenters. The zero-order valence-corrected chi connectivity index (χ0v) is 7.74. The van der Waals surface area contributed by atoms with Gasteiger partial charge in [-0.2, -0.15) is 5.10 Å². The maximum Gasteiger partial charge on any atom is 0.335 e. The van der Waals surface area contributed by atoms with Crippen LogP contribution in [0.25, 0.3) is 10.9 Å². The number of hydrogen-bond donors (Lipinski definition) is 2. The van der Waals surface area contributed by atoms with Crippen molar-refractivity contribution in [3.8, 4) is 0 Å². The van der Waals surface area contributed by atoms with Gasteiger partial charge in [-0.3, -0.25) is 5.10 Å². The van der Waals surface area contributed by atoms with Crippen molar-refractivity contribution in [2.24, 2.45) is 0 Å². The van der Waals surface area contributed by atoms with Gasteiger partial charge in [0.2, 0.25) is 0 Å². The van der Waals surface area contributed by atoms with Crippen LogP contribution >= 0.6 is 0 Å². The van der Waals surface area contributed by atoms with Crippen LogP contribution in [0.5, 0.6) is 0 Å². The molecule has 1 aromatic carbocycles. The van der Waals surface area contributed by atoms with Crippen LogP contribution in [0.15, 0.2) is 18.3 Å². The van der Waals surface area contributed by atoms with E-state index in [0.717, 1.165) is 22.9 Å². The van der Waals surface area contributed by atoms with Crippen molar-refractivity contribution in [2.75, 3.05) is 0 Å². The topological polar surface area (TPSA) is 66.0 Å². The molecule has 0 spiro atoms. The summed E-state index contributed by atoms with van der Waals surface area (Å²) in [5, 5.41) is 16.5. The zero-order chi connectivity index (χ0) is 10.1. The summed E-state index contributed by atoms with van der Waals surface area (Å²) in [6.07, 6.45) is 2.43. The van der Waals surface area contributed by atoms with Crippen molar-refractivity contribution in [3.63, 3.8) is 0 Å². The van der Waals surface area contributed by atoms with E-state index in [2.05, 4.69) is 10.2 Å². The summed E-state index contributed by atoms with van der Waals surface area (Å²) in [6, 6.07) is 3.31. The molecule has 4 heteroatoms. The van der Waals surface area contributed by atoms with E-state index >= 15 is 0 Å². The monoisotopic (exact) mass is 190 g/mol. The molecule has 0 aliphatic carbocycles. The van der Waals surface area contributed by atoms with Crippen LogP contribution in [-0.2, 0) is 6.42 Å². The number of benzene rings is 1. The molecule has 0 saturated heterocycles. The number of fused-ring (bicyclic) bond motifs is 1. The third kappa shape index (κ3) is 1.25. The highest BCUT2D eigenvalue weighted by Gasteiger charge is 2.08. The van der Waals surface area contributed by atoms with Gasteiger partial charge in [0.1, 0.15) is 0 Å². The van der Waals surface area contributed by atoms with E-state index in [1.807, 2.05) is 6.92 Å². The molecular weight excluding hydrogens is 180 g/mol. The molecule has 0 aliphatic heterocycles. The molecule has 2 aromatic rings. The first kappa shape index (κ1) is 8.74. The molecular formula is C10H10N2O2. The number of nitrogens with zero attached hydrogens (tertiary/aromatic N) is 1. The van der Waals surface area contributed by atoms with Crippen molar-refractivity contribution in [3.05, 3.63) is 29.5 Å². The molecule has 0 bridgehead atoms. The van der Waals surface area contributed by atoms with Crippen LogP contribution in [0, 0.1) is 0 Å². The molecule has 0 radical (unpaired) electrons. The van der Waals surface area contributed by atoms with E-state index in [1.54, 1.807) is 18.3 Å². The summed E-state index contributed by atoms with van der Waals surface area (Å²) in [4.78, 5) is 10.8. The predicted molar refractivity (Wildman–Crippen MR) is 52.4 cm³/mol. The quantitative estimate of drug-likeness (QED) is 0.759. The first-order chi connectivity index (χ1) is 6.72. The summed E-state index contributed by atoms with van der Waals surface area (Å²) in [5.41, 5.74) is 2.23. The van der Waals surface area contributed by atoms with E-state index in [4.69, 9.17) is 5.11 Å². The molecule has 2 N–H and O–H groups in total. The highest BCUT2D eigenvalue weighted by Crippen LogP contribution is 2.19. The van der Waals surface area contributed by atoms with Gasteiger partial charge in [0.05, 0.1) is 17.3 Å². The average molecular weight is 190 g/mol. The lowest BCUT2D eigenvalue weighted by molar-refractivity contribution is 0.0697. The number of nitrogens with one attached hydrogen (secondary N) is 1. The Balaban J connectivity index is 2.73. The number of rotatable bonds is 2. The number of H-pyrrole nitrogens is 1. The standard InChI is InChI=1S/C10H10N2O2/c1-2-6-3-7(10(13)14)4-8-5-11-12-9(6)8/h3-5H,2H2,1H3,(H,11,12)(H,13,14). The van der Waals surface area contributed by atoms with Gasteiger partial charge in [0.25, 0.3) is 0 Å². The lowest BCUT2D eigenvalue weighted by Crippen LogP contribution is -1.97. The molecule has 0 fully saturated rings. The largest absolute Gasteiger partial charge is 0.478 e. The van der Waals surface area contributed by atoms with Crippen molar-refractivity contribution >= 4 is 16.9 Å². The Labute approximate surface area is 80.6 Å². The van der Waals surface area contributed by atoms with E-state index < -0.39 is 5.97 Å². The summed E-state index contributed by atoms with van der Waals surface area (Å²) in [6.45, 7) is 1.99. The first-order valence-corrected chi connectivity index (χ1v) is 4.41. The van der Waals surface area contributed by atoms with Gasteiger partial charge in [0, 0.05) is 5.39 Å². The summed E-state index contributed by atoms with van der Waals surface area (Å²) in [5.74, 6) is -0.900. The van der Waals surface area contributed by atoms with Gasteiger partial charge < -0.3 is 5.11 Å². The second-order valence-corrected chi connectivity index (χ2v) is 3.13. The van der Waals surface area contributed by atoms with Crippen LogP contribution in [0.4, 0.5) is 0 Å².